The van der Waals surface area contributed by atoms with Gasteiger partial charge in [-0.2, -0.15) is 0 Å². The van der Waals surface area contributed by atoms with Crippen LogP contribution in [0.5, 0.6) is 0 Å². The maximum atomic E-state index is 9.16. The minimum atomic E-state index is -0.129. The molecule has 0 spiro atoms. The van der Waals surface area contributed by atoms with E-state index in [1.807, 2.05) is 6.92 Å². The van der Waals surface area contributed by atoms with E-state index in [1.54, 1.807) is 0 Å². The van der Waals surface area contributed by atoms with Crippen LogP contribution in [0.3, 0.4) is 0 Å². The Bertz CT molecular complexity index is 158. The third-order valence-corrected chi connectivity index (χ3v) is 3.51. The van der Waals surface area contributed by atoms with Gasteiger partial charge >= 0.3 is 0 Å². The summed E-state index contributed by atoms with van der Waals surface area (Å²) in [5.41, 5.74) is 0. The first-order chi connectivity index (χ1) is 6.59. The molecule has 0 saturated carbocycles. The van der Waals surface area contributed by atoms with Gasteiger partial charge in [-0.05, 0) is 51.1 Å². The Kier molecular flexibility index (Phi) is 4.90. The van der Waals surface area contributed by atoms with Gasteiger partial charge in [0.2, 0.25) is 0 Å². The number of hydrogen-bond acceptors (Lipinski definition) is 2. The summed E-state index contributed by atoms with van der Waals surface area (Å²) in [5.74, 6) is 1.73. The average molecular weight is 199 g/mol. The van der Waals surface area contributed by atoms with Gasteiger partial charge in [-0.25, -0.2) is 0 Å². The fourth-order valence-corrected chi connectivity index (χ4v) is 2.16. The van der Waals surface area contributed by atoms with Crippen molar-refractivity contribution in [3.05, 3.63) is 0 Å². The normalized spacial score (nSPS) is 31.7. The molecule has 2 nitrogen and oxygen atoms in total. The molecule has 0 aromatic rings. The predicted molar refractivity (Wildman–Crippen MR) is 60.3 cm³/mol. The van der Waals surface area contributed by atoms with Crippen molar-refractivity contribution < 1.29 is 5.11 Å². The van der Waals surface area contributed by atoms with E-state index in [-0.39, 0.29) is 6.10 Å². The Morgan fingerprint density at radius 3 is 2.64 bits per heavy atom. The second kappa shape index (κ2) is 5.72. The van der Waals surface area contributed by atoms with Crippen molar-refractivity contribution in [3.63, 3.8) is 0 Å². The van der Waals surface area contributed by atoms with Gasteiger partial charge in [0.1, 0.15) is 0 Å². The average Bonchev–Trinajstić information content (AvgIpc) is 2.10. The molecule has 3 unspecified atom stereocenters. The zero-order valence-electron chi connectivity index (χ0n) is 9.87. The van der Waals surface area contributed by atoms with Crippen LogP contribution in [0.25, 0.3) is 0 Å². The Morgan fingerprint density at radius 2 is 2.07 bits per heavy atom. The van der Waals surface area contributed by atoms with Crippen LogP contribution in [-0.4, -0.2) is 35.7 Å². The molecule has 1 saturated heterocycles. The highest BCUT2D eigenvalue weighted by molar-refractivity contribution is 4.75. The predicted octanol–water partition coefficient (Wildman–Crippen LogP) is 2.13. The molecule has 2 heteroatoms. The van der Waals surface area contributed by atoms with Gasteiger partial charge < -0.3 is 10.0 Å². The zero-order chi connectivity index (χ0) is 10.6. The summed E-state index contributed by atoms with van der Waals surface area (Å²) in [6.07, 6.45) is 3.30. The van der Waals surface area contributed by atoms with Crippen molar-refractivity contribution in [2.24, 2.45) is 11.8 Å². The second-order valence-corrected chi connectivity index (χ2v) is 5.04. The second-order valence-electron chi connectivity index (χ2n) is 5.04. The van der Waals surface area contributed by atoms with Crippen LogP contribution in [0.4, 0.5) is 0 Å². The van der Waals surface area contributed by atoms with Crippen molar-refractivity contribution in [3.8, 4) is 0 Å². The van der Waals surface area contributed by atoms with Crippen molar-refractivity contribution in [1.29, 1.82) is 0 Å². The number of rotatable bonds is 4. The van der Waals surface area contributed by atoms with Crippen LogP contribution in [0.1, 0.15) is 40.0 Å². The maximum absolute atomic E-state index is 9.16. The Morgan fingerprint density at radius 1 is 1.36 bits per heavy atom. The fraction of sp³-hybridized carbons (Fsp3) is 1.00. The molecule has 14 heavy (non-hydrogen) atoms. The first-order valence-electron chi connectivity index (χ1n) is 6.00. The van der Waals surface area contributed by atoms with Crippen LogP contribution < -0.4 is 0 Å². The Labute approximate surface area is 88.3 Å². The molecule has 84 valence electrons. The number of aliphatic hydroxyl groups is 1. The molecule has 1 aliphatic heterocycles. The highest BCUT2D eigenvalue weighted by atomic mass is 16.3. The zero-order valence-corrected chi connectivity index (χ0v) is 9.87. The summed E-state index contributed by atoms with van der Waals surface area (Å²) in [5, 5.41) is 9.16. The molecule has 1 rings (SSSR count). The van der Waals surface area contributed by atoms with Gasteiger partial charge in [-0.15, -0.1) is 0 Å². The van der Waals surface area contributed by atoms with Crippen LogP contribution >= 0.6 is 0 Å². The minimum absolute atomic E-state index is 0.129. The van der Waals surface area contributed by atoms with Crippen LogP contribution in [0.2, 0.25) is 0 Å². The summed E-state index contributed by atoms with van der Waals surface area (Å²) in [7, 11) is 0. The molecular formula is C12H25NO. The third-order valence-electron chi connectivity index (χ3n) is 3.51. The van der Waals surface area contributed by atoms with E-state index in [0.717, 1.165) is 24.7 Å². The van der Waals surface area contributed by atoms with E-state index in [9.17, 15) is 0 Å². The quantitative estimate of drug-likeness (QED) is 0.749. The highest BCUT2D eigenvalue weighted by Crippen LogP contribution is 2.22. The lowest BCUT2D eigenvalue weighted by Crippen LogP contribution is -2.39. The number of aliphatic hydroxyl groups excluding tert-OH is 1. The standard InChI is InChI=1S/C12H25NO/c1-10-6-8-13(9-11(10)2)7-4-5-12(3)14/h10-12,14H,4-9H2,1-3H3. The number of piperidine rings is 1. The van der Waals surface area contributed by atoms with E-state index >= 15 is 0 Å². The van der Waals surface area contributed by atoms with Crippen LogP contribution in [0.15, 0.2) is 0 Å². The van der Waals surface area contributed by atoms with Crippen molar-refractivity contribution in [1.82, 2.24) is 4.90 Å². The molecule has 1 fully saturated rings. The van der Waals surface area contributed by atoms with E-state index in [2.05, 4.69) is 18.7 Å². The highest BCUT2D eigenvalue weighted by Gasteiger charge is 2.21. The molecule has 0 bridgehead atoms. The Hall–Kier alpha value is -0.0800. The lowest BCUT2D eigenvalue weighted by atomic mass is 9.88. The number of nitrogens with zero attached hydrogens (tertiary/aromatic N) is 1. The SMILES string of the molecule is CC(O)CCCN1CCC(C)C(C)C1. The summed E-state index contributed by atoms with van der Waals surface area (Å²) >= 11 is 0. The molecular weight excluding hydrogens is 174 g/mol. The van der Waals surface area contributed by atoms with Gasteiger partial charge in [0.15, 0.2) is 0 Å². The summed E-state index contributed by atoms with van der Waals surface area (Å²) in [6, 6.07) is 0. The maximum Gasteiger partial charge on any atom is 0.0512 e. The molecule has 1 N–H and O–H groups in total. The third kappa shape index (κ3) is 3.97. The Balaban J connectivity index is 2.13. The molecule has 1 aliphatic rings. The molecule has 0 radical (unpaired) electrons. The number of likely N-dealkylation sites (tertiary alicyclic amines) is 1. The molecule has 0 aromatic carbocycles. The molecule has 1 heterocycles. The van der Waals surface area contributed by atoms with Crippen LogP contribution in [-0.2, 0) is 0 Å². The van der Waals surface area contributed by atoms with Gasteiger partial charge in [-0.1, -0.05) is 13.8 Å². The lowest BCUT2D eigenvalue weighted by Gasteiger charge is -2.35. The molecule has 0 amide bonds. The van der Waals surface area contributed by atoms with Gasteiger partial charge in [-0.3, -0.25) is 0 Å². The van der Waals surface area contributed by atoms with Crippen molar-refractivity contribution in [2.45, 2.75) is 46.1 Å². The molecule has 0 aliphatic carbocycles. The van der Waals surface area contributed by atoms with Gasteiger partial charge in [0.05, 0.1) is 6.10 Å². The first-order valence-corrected chi connectivity index (χ1v) is 6.00. The fourth-order valence-electron chi connectivity index (χ4n) is 2.16. The van der Waals surface area contributed by atoms with E-state index in [1.165, 1.54) is 26.1 Å². The van der Waals surface area contributed by atoms with Gasteiger partial charge in [0.25, 0.3) is 0 Å². The molecule has 0 aromatic heterocycles. The van der Waals surface area contributed by atoms with E-state index in [0.29, 0.717) is 0 Å². The van der Waals surface area contributed by atoms with Crippen LogP contribution in [0, 0.1) is 11.8 Å². The summed E-state index contributed by atoms with van der Waals surface area (Å²) < 4.78 is 0. The largest absolute Gasteiger partial charge is 0.393 e. The van der Waals surface area contributed by atoms with E-state index < -0.39 is 0 Å². The first kappa shape index (κ1) is 12.0. The smallest absolute Gasteiger partial charge is 0.0512 e. The lowest BCUT2D eigenvalue weighted by molar-refractivity contribution is 0.125. The summed E-state index contributed by atoms with van der Waals surface area (Å²) in [4.78, 5) is 2.55. The van der Waals surface area contributed by atoms with Crippen molar-refractivity contribution in [2.75, 3.05) is 19.6 Å². The van der Waals surface area contributed by atoms with E-state index in [4.69, 9.17) is 5.11 Å². The number of hydrogen-bond donors (Lipinski definition) is 1. The monoisotopic (exact) mass is 199 g/mol. The minimum Gasteiger partial charge on any atom is -0.393 e. The van der Waals surface area contributed by atoms with Gasteiger partial charge in [0, 0.05) is 6.54 Å². The molecule has 3 atom stereocenters. The topological polar surface area (TPSA) is 23.5 Å². The summed E-state index contributed by atoms with van der Waals surface area (Å²) in [6.45, 7) is 10.3. The van der Waals surface area contributed by atoms with Crippen molar-refractivity contribution >= 4 is 0 Å².